The number of para-hydroxylation sites is 1. The zero-order chi connectivity index (χ0) is 19.8. The number of hydrogen-bond donors (Lipinski definition) is 2. The molecule has 0 atom stereocenters. The van der Waals surface area contributed by atoms with Crippen LogP contribution in [0, 0.1) is 5.82 Å². The number of aryl methyl sites for hydroxylation is 1. The zero-order valence-corrected chi connectivity index (χ0v) is 15.6. The maximum absolute atomic E-state index is 13.5. The van der Waals surface area contributed by atoms with Gasteiger partial charge in [0.2, 0.25) is 0 Å². The average molecular weight is 385 g/mol. The van der Waals surface area contributed by atoms with Gasteiger partial charge in [-0.15, -0.1) is 0 Å². The van der Waals surface area contributed by atoms with Gasteiger partial charge in [0.05, 0.1) is 18.9 Å². The van der Waals surface area contributed by atoms with Gasteiger partial charge in [-0.1, -0.05) is 24.3 Å². The average Bonchev–Trinajstić information content (AvgIpc) is 2.73. The molecule has 0 aromatic heterocycles. The van der Waals surface area contributed by atoms with E-state index >= 15 is 0 Å². The highest BCUT2D eigenvalue weighted by molar-refractivity contribution is 6.39. The van der Waals surface area contributed by atoms with Gasteiger partial charge in [-0.05, 0) is 42.7 Å². The van der Waals surface area contributed by atoms with Crippen LogP contribution in [0.2, 0.25) is 0 Å². The van der Waals surface area contributed by atoms with Crippen molar-refractivity contribution in [2.75, 3.05) is 43.1 Å². The van der Waals surface area contributed by atoms with E-state index in [0.717, 1.165) is 32.7 Å². The van der Waals surface area contributed by atoms with Crippen molar-refractivity contribution in [1.82, 2.24) is 5.32 Å². The highest BCUT2D eigenvalue weighted by Crippen LogP contribution is 2.17. The molecule has 0 saturated carbocycles. The largest absolute Gasteiger partial charge is 0.378 e. The molecular formula is C21H24FN3O3. The van der Waals surface area contributed by atoms with E-state index in [2.05, 4.69) is 39.8 Å². The van der Waals surface area contributed by atoms with Gasteiger partial charge < -0.3 is 20.3 Å². The highest BCUT2D eigenvalue weighted by atomic mass is 19.1. The number of halogens is 1. The first kappa shape index (κ1) is 19.8. The molecule has 6 nitrogen and oxygen atoms in total. The Morgan fingerprint density at radius 1 is 1.00 bits per heavy atom. The molecule has 148 valence electrons. The fourth-order valence-corrected chi connectivity index (χ4v) is 3.01. The van der Waals surface area contributed by atoms with Crippen LogP contribution in [-0.2, 0) is 20.7 Å². The summed E-state index contributed by atoms with van der Waals surface area (Å²) >= 11 is 0. The Hall–Kier alpha value is -2.93. The number of anilines is 2. The third-order valence-corrected chi connectivity index (χ3v) is 4.57. The van der Waals surface area contributed by atoms with Gasteiger partial charge in [-0.2, -0.15) is 0 Å². The summed E-state index contributed by atoms with van der Waals surface area (Å²) in [5, 5.41) is 4.83. The monoisotopic (exact) mass is 385 g/mol. The van der Waals surface area contributed by atoms with Crippen LogP contribution in [0.4, 0.5) is 15.8 Å². The third kappa shape index (κ3) is 5.53. The predicted molar refractivity (Wildman–Crippen MR) is 106 cm³/mol. The molecule has 1 fully saturated rings. The van der Waals surface area contributed by atoms with Crippen molar-refractivity contribution in [3.8, 4) is 0 Å². The molecule has 2 aromatic carbocycles. The second-order valence-corrected chi connectivity index (χ2v) is 6.56. The molecule has 0 aliphatic carbocycles. The minimum atomic E-state index is -0.875. The second-order valence-electron chi connectivity index (χ2n) is 6.56. The topological polar surface area (TPSA) is 70.7 Å². The van der Waals surface area contributed by atoms with Gasteiger partial charge in [0.15, 0.2) is 0 Å². The molecule has 0 bridgehead atoms. The number of amides is 2. The van der Waals surface area contributed by atoms with Crippen LogP contribution in [-0.4, -0.2) is 44.7 Å². The van der Waals surface area contributed by atoms with E-state index in [1.165, 1.54) is 29.4 Å². The van der Waals surface area contributed by atoms with Crippen LogP contribution < -0.4 is 15.5 Å². The van der Waals surface area contributed by atoms with Crippen LogP contribution >= 0.6 is 0 Å². The van der Waals surface area contributed by atoms with Gasteiger partial charge >= 0.3 is 11.8 Å². The number of rotatable bonds is 6. The van der Waals surface area contributed by atoms with Crippen LogP contribution in [0.25, 0.3) is 0 Å². The van der Waals surface area contributed by atoms with Crippen molar-refractivity contribution in [2.45, 2.75) is 12.8 Å². The second kappa shape index (κ2) is 9.85. The lowest BCUT2D eigenvalue weighted by Gasteiger charge is -2.28. The molecule has 2 amide bonds. The number of carbonyl (C=O) groups excluding carboxylic acids is 2. The van der Waals surface area contributed by atoms with E-state index in [1.54, 1.807) is 6.07 Å². The highest BCUT2D eigenvalue weighted by Gasteiger charge is 2.15. The molecule has 0 spiro atoms. The summed E-state index contributed by atoms with van der Waals surface area (Å²) in [6.07, 6.45) is 1.49. The molecular weight excluding hydrogens is 361 g/mol. The van der Waals surface area contributed by atoms with Crippen LogP contribution in [0.3, 0.4) is 0 Å². The normalized spacial score (nSPS) is 13.8. The summed E-state index contributed by atoms with van der Waals surface area (Å²) in [5.74, 6) is -2.23. The molecule has 2 aromatic rings. The third-order valence-electron chi connectivity index (χ3n) is 4.57. The van der Waals surface area contributed by atoms with Crippen molar-refractivity contribution in [3.05, 3.63) is 59.9 Å². The molecule has 2 N–H and O–H groups in total. The summed E-state index contributed by atoms with van der Waals surface area (Å²) in [4.78, 5) is 25.9. The maximum Gasteiger partial charge on any atom is 0.313 e. The van der Waals surface area contributed by atoms with Gasteiger partial charge in [-0.3, -0.25) is 9.59 Å². The summed E-state index contributed by atoms with van der Waals surface area (Å²) in [6, 6.07) is 14.1. The molecule has 1 aliphatic rings. The van der Waals surface area contributed by atoms with Gasteiger partial charge in [-0.25, -0.2) is 4.39 Å². The molecule has 1 aliphatic heterocycles. The number of ether oxygens (including phenoxy) is 1. The first-order chi connectivity index (χ1) is 13.6. The summed E-state index contributed by atoms with van der Waals surface area (Å²) in [7, 11) is 0. The molecule has 1 heterocycles. The Morgan fingerprint density at radius 2 is 1.71 bits per heavy atom. The standard InChI is InChI=1S/C21H24FN3O3/c22-18-5-1-2-6-19(18)24-21(27)20(26)23-11-3-4-16-7-9-17(10-8-16)25-12-14-28-15-13-25/h1-2,5-10H,3-4,11-15H2,(H,23,26)(H,24,27). The first-order valence-corrected chi connectivity index (χ1v) is 9.39. The summed E-state index contributed by atoms with van der Waals surface area (Å²) in [6.45, 7) is 3.69. The minimum absolute atomic E-state index is 0.0111. The van der Waals surface area contributed by atoms with E-state index in [1.807, 2.05) is 0 Å². The minimum Gasteiger partial charge on any atom is -0.378 e. The van der Waals surface area contributed by atoms with Crippen molar-refractivity contribution >= 4 is 23.2 Å². The number of morpholine rings is 1. The van der Waals surface area contributed by atoms with Gasteiger partial charge in [0.1, 0.15) is 5.82 Å². The Labute approximate surface area is 163 Å². The Kier molecular flexibility index (Phi) is 6.97. The van der Waals surface area contributed by atoms with Gasteiger partial charge in [0, 0.05) is 25.3 Å². The lowest BCUT2D eigenvalue weighted by Crippen LogP contribution is -2.36. The quantitative estimate of drug-likeness (QED) is 0.592. The Bertz CT molecular complexity index is 805. The number of nitrogens with zero attached hydrogens (tertiary/aromatic N) is 1. The van der Waals surface area contributed by atoms with E-state index < -0.39 is 17.6 Å². The smallest absolute Gasteiger partial charge is 0.313 e. The molecule has 28 heavy (non-hydrogen) atoms. The molecule has 7 heteroatoms. The molecule has 0 radical (unpaired) electrons. The van der Waals surface area contributed by atoms with E-state index in [4.69, 9.17) is 4.74 Å². The fourth-order valence-electron chi connectivity index (χ4n) is 3.01. The van der Waals surface area contributed by atoms with E-state index in [9.17, 15) is 14.0 Å². The van der Waals surface area contributed by atoms with Crippen molar-refractivity contribution in [3.63, 3.8) is 0 Å². The summed E-state index contributed by atoms with van der Waals surface area (Å²) < 4.78 is 18.9. The van der Waals surface area contributed by atoms with Crippen molar-refractivity contribution < 1.29 is 18.7 Å². The van der Waals surface area contributed by atoms with Crippen molar-refractivity contribution in [1.29, 1.82) is 0 Å². The molecule has 0 unspecified atom stereocenters. The Morgan fingerprint density at radius 3 is 2.43 bits per heavy atom. The molecule has 3 rings (SSSR count). The SMILES string of the molecule is O=C(NCCCc1ccc(N2CCOCC2)cc1)C(=O)Nc1ccccc1F. The van der Waals surface area contributed by atoms with E-state index in [-0.39, 0.29) is 5.69 Å². The number of hydrogen-bond acceptors (Lipinski definition) is 4. The first-order valence-electron chi connectivity index (χ1n) is 9.39. The van der Waals surface area contributed by atoms with Crippen molar-refractivity contribution in [2.24, 2.45) is 0 Å². The lowest BCUT2D eigenvalue weighted by atomic mass is 10.1. The van der Waals surface area contributed by atoms with Crippen LogP contribution in [0.5, 0.6) is 0 Å². The van der Waals surface area contributed by atoms with Crippen LogP contribution in [0.1, 0.15) is 12.0 Å². The fraction of sp³-hybridized carbons (Fsp3) is 0.333. The predicted octanol–water partition coefficient (Wildman–Crippen LogP) is 2.35. The zero-order valence-electron chi connectivity index (χ0n) is 15.6. The Balaban J connectivity index is 1.38. The van der Waals surface area contributed by atoms with Crippen LogP contribution in [0.15, 0.2) is 48.5 Å². The van der Waals surface area contributed by atoms with E-state index in [0.29, 0.717) is 13.0 Å². The number of carbonyl (C=O) groups is 2. The number of benzene rings is 2. The maximum atomic E-state index is 13.5. The molecule has 1 saturated heterocycles. The number of nitrogens with one attached hydrogen (secondary N) is 2. The van der Waals surface area contributed by atoms with Gasteiger partial charge in [0.25, 0.3) is 0 Å². The summed E-state index contributed by atoms with van der Waals surface area (Å²) in [5.41, 5.74) is 2.34. The lowest BCUT2D eigenvalue weighted by molar-refractivity contribution is -0.136.